The molecule has 2 amide bonds. The number of hydrogen-bond acceptors (Lipinski definition) is 3. The summed E-state index contributed by atoms with van der Waals surface area (Å²) in [5.41, 5.74) is 0.937. The number of anilines is 1. The number of carbonyl (C=O) groups excluding carboxylic acids is 3. The van der Waals surface area contributed by atoms with Crippen molar-refractivity contribution in [2.75, 3.05) is 24.5 Å². The fourth-order valence-electron chi connectivity index (χ4n) is 2.61. The van der Waals surface area contributed by atoms with Crippen LogP contribution in [-0.4, -0.2) is 42.1 Å². The second-order valence-corrected chi connectivity index (χ2v) is 4.83. The number of para-hydroxylation sites is 1. The van der Waals surface area contributed by atoms with Crippen LogP contribution in [0.1, 0.15) is 23.2 Å². The summed E-state index contributed by atoms with van der Waals surface area (Å²) in [6.45, 7) is 1.45. The highest BCUT2D eigenvalue weighted by Crippen LogP contribution is 2.28. The molecule has 1 fully saturated rings. The summed E-state index contributed by atoms with van der Waals surface area (Å²) >= 11 is 0. The fourth-order valence-corrected chi connectivity index (χ4v) is 2.61. The van der Waals surface area contributed by atoms with Gasteiger partial charge in [-0.2, -0.15) is 0 Å². The molecule has 2 aliphatic heterocycles. The lowest BCUT2D eigenvalue weighted by atomic mass is 10.1. The maximum absolute atomic E-state index is 12.1. The Morgan fingerprint density at radius 3 is 2.53 bits per heavy atom. The fraction of sp³-hybridized carbons (Fsp3) is 0.357. The number of carbonyl (C=O) groups is 3. The number of fused-ring (bicyclic) bond motifs is 1. The van der Waals surface area contributed by atoms with Crippen molar-refractivity contribution in [3.63, 3.8) is 0 Å². The van der Waals surface area contributed by atoms with E-state index in [4.69, 9.17) is 0 Å². The Morgan fingerprint density at radius 1 is 1.11 bits per heavy atom. The van der Waals surface area contributed by atoms with Crippen LogP contribution in [0.25, 0.3) is 0 Å². The summed E-state index contributed by atoms with van der Waals surface area (Å²) in [5.74, 6) is -1.21. The summed E-state index contributed by atoms with van der Waals surface area (Å²) in [7, 11) is 0. The van der Waals surface area contributed by atoms with E-state index in [1.54, 1.807) is 29.2 Å². The number of hydrogen-bond donors (Lipinski definition) is 0. The zero-order valence-electron chi connectivity index (χ0n) is 10.5. The standard InChI is InChI=1S/C14H14N2O3/c17-12(15-7-3-4-8-15)9-16-11-6-2-1-5-10(11)13(18)14(16)19/h1-2,5-6H,3-4,7-9H2. The molecule has 0 spiro atoms. The van der Waals surface area contributed by atoms with Crippen molar-refractivity contribution in [1.29, 1.82) is 0 Å². The molecule has 1 aromatic carbocycles. The maximum atomic E-state index is 12.1. The molecule has 0 unspecified atom stereocenters. The number of Topliss-reactive ketones (excluding diaryl/α,β-unsaturated/α-hetero) is 1. The van der Waals surface area contributed by atoms with Crippen LogP contribution < -0.4 is 4.90 Å². The highest BCUT2D eigenvalue weighted by atomic mass is 16.2. The maximum Gasteiger partial charge on any atom is 0.299 e. The first-order valence-electron chi connectivity index (χ1n) is 6.41. The smallest absolute Gasteiger partial charge is 0.299 e. The molecule has 5 nitrogen and oxygen atoms in total. The van der Waals surface area contributed by atoms with Crippen molar-refractivity contribution in [3.8, 4) is 0 Å². The lowest BCUT2D eigenvalue weighted by Gasteiger charge is -2.20. The van der Waals surface area contributed by atoms with Gasteiger partial charge >= 0.3 is 0 Å². The van der Waals surface area contributed by atoms with Gasteiger partial charge in [0.25, 0.3) is 11.7 Å². The molecule has 1 saturated heterocycles. The van der Waals surface area contributed by atoms with Crippen LogP contribution in [0.15, 0.2) is 24.3 Å². The van der Waals surface area contributed by atoms with Gasteiger partial charge in [-0.25, -0.2) is 0 Å². The molecular formula is C14H14N2O3. The second-order valence-electron chi connectivity index (χ2n) is 4.83. The summed E-state index contributed by atoms with van der Waals surface area (Å²) in [6, 6.07) is 6.80. The van der Waals surface area contributed by atoms with E-state index in [9.17, 15) is 14.4 Å². The van der Waals surface area contributed by atoms with Crippen LogP contribution in [0.5, 0.6) is 0 Å². The van der Waals surface area contributed by atoms with Crippen LogP contribution in [-0.2, 0) is 9.59 Å². The third kappa shape index (κ3) is 1.91. The van der Waals surface area contributed by atoms with E-state index >= 15 is 0 Å². The van der Waals surface area contributed by atoms with Crippen LogP contribution in [0.3, 0.4) is 0 Å². The Bertz CT molecular complexity index is 562. The topological polar surface area (TPSA) is 57.7 Å². The molecule has 0 bridgehead atoms. The highest BCUT2D eigenvalue weighted by molar-refractivity contribution is 6.52. The molecule has 0 aliphatic carbocycles. The first-order valence-corrected chi connectivity index (χ1v) is 6.41. The highest BCUT2D eigenvalue weighted by Gasteiger charge is 2.37. The predicted octanol–water partition coefficient (Wildman–Crippen LogP) is 0.838. The van der Waals surface area contributed by atoms with E-state index in [0.717, 1.165) is 25.9 Å². The van der Waals surface area contributed by atoms with Gasteiger partial charge in [-0.1, -0.05) is 12.1 Å². The predicted molar refractivity (Wildman–Crippen MR) is 68.9 cm³/mol. The SMILES string of the molecule is O=C1C(=O)N(CC(=O)N2CCCC2)c2ccccc21. The van der Waals surface area contributed by atoms with Gasteiger partial charge in [0, 0.05) is 13.1 Å². The molecule has 3 rings (SSSR count). The molecule has 0 aromatic heterocycles. The van der Waals surface area contributed by atoms with E-state index in [-0.39, 0.29) is 12.5 Å². The molecule has 0 N–H and O–H groups in total. The zero-order valence-corrected chi connectivity index (χ0v) is 10.5. The molecule has 19 heavy (non-hydrogen) atoms. The van der Waals surface area contributed by atoms with Crippen molar-refractivity contribution in [3.05, 3.63) is 29.8 Å². The lowest BCUT2D eigenvalue weighted by Crippen LogP contribution is -2.41. The third-order valence-electron chi connectivity index (χ3n) is 3.63. The monoisotopic (exact) mass is 258 g/mol. The average molecular weight is 258 g/mol. The van der Waals surface area contributed by atoms with E-state index in [0.29, 0.717) is 11.3 Å². The largest absolute Gasteiger partial charge is 0.341 e. The van der Waals surface area contributed by atoms with Crippen LogP contribution in [0.2, 0.25) is 0 Å². The molecule has 0 atom stereocenters. The lowest BCUT2D eigenvalue weighted by molar-refractivity contribution is -0.129. The van der Waals surface area contributed by atoms with Crippen LogP contribution in [0, 0.1) is 0 Å². The Morgan fingerprint density at radius 2 is 1.79 bits per heavy atom. The molecule has 2 aliphatic rings. The van der Waals surface area contributed by atoms with E-state index in [2.05, 4.69) is 0 Å². The van der Waals surface area contributed by atoms with Crippen molar-refractivity contribution in [2.24, 2.45) is 0 Å². The Balaban J connectivity index is 1.83. The van der Waals surface area contributed by atoms with E-state index < -0.39 is 11.7 Å². The number of ketones is 1. The van der Waals surface area contributed by atoms with Crippen molar-refractivity contribution >= 4 is 23.3 Å². The molecule has 0 saturated carbocycles. The summed E-state index contributed by atoms with van der Waals surface area (Å²) in [6.07, 6.45) is 2.02. The minimum atomic E-state index is -0.603. The van der Waals surface area contributed by atoms with Gasteiger partial charge < -0.3 is 4.90 Å². The number of likely N-dealkylation sites (tertiary alicyclic amines) is 1. The Kier molecular flexibility index (Phi) is 2.81. The number of amides is 2. The van der Waals surface area contributed by atoms with Gasteiger partial charge in [-0.05, 0) is 25.0 Å². The van der Waals surface area contributed by atoms with Crippen molar-refractivity contribution in [1.82, 2.24) is 4.90 Å². The molecule has 2 heterocycles. The molecule has 0 radical (unpaired) electrons. The van der Waals surface area contributed by atoms with E-state index in [1.807, 2.05) is 0 Å². The van der Waals surface area contributed by atoms with E-state index in [1.165, 1.54) is 4.90 Å². The van der Waals surface area contributed by atoms with Crippen LogP contribution >= 0.6 is 0 Å². The van der Waals surface area contributed by atoms with Crippen molar-refractivity contribution < 1.29 is 14.4 Å². The van der Waals surface area contributed by atoms with Gasteiger partial charge in [0.1, 0.15) is 6.54 Å². The zero-order chi connectivity index (χ0) is 13.4. The van der Waals surface area contributed by atoms with Gasteiger partial charge in [0.15, 0.2) is 0 Å². The molecule has 1 aromatic rings. The first kappa shape index (κ1) is 11.9. The normalized spacial score (nSPS) is 18.1. The van der Waals surface area contributed by atoms with Crippen molar-refractivity contribution in [2.45, 2.75) is 12.8 Å². The first-order chi connectivity index (χ1) is 9.18. The summed E-state index contributed by atoms with van der Waals surface area (Å²) < 4.78 is 0. The van der Waals surface area contributed by atoms with Gasteiger partial charge in [0.2, 0.25) is 5.91 Å². The van der Waals surface area contributed by atoms with Gasteiger partial charge in [-0.3, -0.25) is 19.3 Å². The minimum Gasteiger partial charge on any atom is -0.341 e. The summed E-state index contributed by atoms with van der Waals surface area (Å²) in [4.78, 5) is 38.8. The molecular weight excluding hydrogens is 244 g/mol. The van der Waals surface area contributed by atoms with Crippen LogP contribution in [0.4, 0.5) is 5.69 Å². The summed E-state index contributed by atoms with van der Waals surface area (Å²) in [5, 5.41) is 0. The molecule has 5 heteroatoms. The van der Waals surface area contributed by atoms with Gasteiger partial charge in [-0.15, -0.1) is 0 Å². The minimum absolute atomic E-state index is 0.0401. The second kappa shape index (κ2) is 4.50. The third-order valence-corrected chi connectivity index (χ3v) is 3.63. The molecule has 98 valence electrons. The average Bonchev–Trinajstić information content (AvgIpc) is 3.03. The number of rotatable bonds is 2. The number of nitrogens with zero attached hydrogens (tertiary/aromatic N) is 2. The Hall–Kier alpha value is -2.17. The quantitative estimate of drug-likeness (QED) is 0.738. The van der Waals surface area contributed by atoms with Gasteiger partial charge in [0.05, 0.1) is 11.3 Å². The Labute approximate surface area is 110 Å². The number of benzene rings is 1.